The van der Waals surface area contributed by atoms with Crippen molar-refractivity contribution in [3.63, 3.8) is 0 Å². The minimum absolute atomic E-state index is 0.266. The van der Waals surface area contributed by atoms with Gasteiger partial charge in [-0.25, -0.2) is 0 Å². The van der Waals surface area contributed by atoms with Gasteiger partial charge in [-0.15, -0.1) is 0 Å². The Balaban J connectivity index is 2.57. The van der Waals surface area contributed by atoms with E-state index in [9.17, 15) is 9.90 Å². The van der Waals surface area contributed by atoms with Gasteiger partial charge in [0.15, 0.2) is 0 Å². The van der Waals surface area contributed by atoms with Crippen LogP contribution in [0.5, 0.6) is 0 Å². The molecule has 0 aromatic carbocycles. The van der Waals surface area contributed by atoms with Gasteiger partial charge < -0.3 is 9.90 Å². The molecule has 0 saturated carbocycles. The molecule has 0 amide bonds. The average molecular weight is 174 g/mol. The summed E-state index contributed by atoms with van der Waals surface area (Å²) in [7, 11) is 2.54. The molecule has 1 saturated heterocycles. The van der Waals surface area contributed by atoms with E-state index in [1.165, 1.54) is 0 Å². The Bertz CT molecular complexity index is 163. The van der Waals surface area contributed by atoms with E-state index >= 15 is 0 Å². The van der Waals surface area contributed by atoms with Crippen LogP contribution in [0.25, 0.3) is 0 Å². The molecule has 3 atom stereocenters. The molecule has 1 aliphatic heterocycles. The van der Waals surface area contributed by atoms with E-state index in [2.05, 4.69) is 9.39 Å². The number of carboxylic acid groups (broad SMARTS) is 1. The standard InChI is InChI=1S/C7H14NO2P/c1-2-5-3-8(11)4-6(5)7(9)10/h5-6H,2-4,11H2,1H3,(H,9,10)/p-1/t5-,6+/m1/s1. The fraction of sp³-hybridized carbons (Fsp3) is 0.857. The number of rotatable bonds is 2. The molecule has 3 nitrogen and oxygen atoms in total. The Kier molecular flexibility index (Phi) is 2.85. The summed E-state index contributed by atoms with van der Waals surface area (Å²) in [6.45, 7) is 3.50. The Morgan fingerprint density at radius 3 is 2.73 bits per heavy atom. The van der Waals surface area contributed by atoms with Gasteiger partial charge in [-0.2, -0.15) is 0 Å². The fourth-order valence-corrected chi connectivity index (χ4v) is 2.08. The van der Waals surface area contributed by atoms with Gasteiger partial charge in [-0.3, -0.25) is 4.67 Å². The summed E-state index contributed by atoms with van der Waals surface area (Å²) in [5.74, 6) is -0.892. The number of aliphatic carboxylic acids is 1. The predicted octanol–water partition coefficient (Wildman–Crippen LogP) is -0.516. The molecule has 0 spiro atoms. The lowest BCUT2D eigenvalue weighted by molar-refractivity contribution is -0.312. The Labute approximate surface area is 69.0 Å². The topological polar surface area (TPSA) is 43.4 Å². The molecular weight excluding hydrogens is 161 g/mol. The molecule has 0 aromatic rings. The van der Waals surface area contributed by atoms with Crippen LogP contribution in [0.2, 0.25) is 0 Å². The number of hydrogen-bond acceptors (Lipinski definition) is 3. The molecule has 4 heteroatoms. The van der Waals surface area contributed by atoms with E-state index in [4.69, 9.17) is 0 Å². The lowest BCUT2D eigenvalue weighted by Crippen LogP contribution is -2.35. The van der Waals surface area contributed by atoms with Gasteiger partial charge >= 0.3 is 0 Å². The van der Waals surface area contributed by atoms with Crippen LogP contribution >= 0.6 is 9.39 Å². The molecule has 0 aliphatic carbocycles. The van der Waals surface area contributed by atoms with E-state index in [0.717, 1.165) is 13.0 Å². The third kappa shape index (κ3) is 1.91. The monoisotopic (exact) mass is 174 g/mol. The van der Waals surface area contributed by atoms with Crippen LogP contribution < -0.4 is 5.11 Å². The number of carboxylic acids is 1. The summed E-state index contributed by atoms with van der Waals surface area (Å²) in [5.41, 5.74) is 0. The minimum Gasteiger partial charge on any atom is -0.550 e. The molecule has 0 radical (unpaired) electrons. The highest BCUT2D eigenvalue weighted by atomic mass is 31.0. The number of carbonyl (C=O) groups is 1. The first-order chi connectivity index (χ1) is 5.15. The molecule has 1 fully saturated rings. The first-order valence-corrected chi connectivity index (χ1v) is 4.37. The van der Waals surface area contributed by atoms with E-state index in [1.807, 2.05) is 11.6 Å². The van der Waals surface area contributed by atoms with Crippen LogP contribution in [-0.4, -0.2) is 23.7 Å². The molecule has 0 bridgehead atoms. The number of hydrogen-bond donors (Lipinski definition) is 0. The van der Waals surface area contributed by atoms with Gasteiger partial charge in [-0.05, 0) is 5.92 Å². The highest BCUT2D eigenvalue weighted by Gasteiger charge is 2.30. The molecule has 0 aromatic heterocycles. The van der Waals surface area contributed by atoms with Gasteiger partial charge in [0.1, 0.15) is 0 Å². The summed E-state index contributed by atoms with van der Waals surface area (Å²) in [6, 6.07) is 0. The lowest BCUT2D eigenvalue weighted by atomic mass is 9.94. The van der Waals surface area contributed by atoms with E-state index in [0.29, 0.717) is 6.54 Å². The van der Waals surface area contributed by atoms with Crippen molar-refractivity contribution in [2.45, 2.75) is 13.3 Å². The van der Waals surface area contributed by atoms with Crippen molar-refractivity contribution in [1.82, 2.24) is 4.67 Å². The summed E-state index contributed by atoms with van der Waals surface area (Å²) in [6.07, 6.45) is 0.920. The highest BCUT2D eigenvalue weighted by Crippen LogP contribution is 2.27. The lowest BCUT2D eigenvalue weighted by Gasteiger charge is -2.16. The SMILES string of the molecule is CC[C@@H]1CN(P)C[C@@H]1C(=O)[O-]. The molecule has 11 heavy (non-hydrogen) atoms. The van der Waals surface area contributed by atoms with Gasteiger partial charge in [0, 0.05) is 25.0 Å². The van der Waals surface area contributed by atoms with Crippen molar-refractivity contribution in [2.24, 2.45) is 11.8 Å². The zero-order chi connectivity index (χ0) is 8.43. The third-order valence-corrected chi connectivity index (χ3v) is 2.72. The first-order valence-electron chi connectivity index (χ1n) is 3.85. The maximum absolute atomic E-state index is 10.6. The smallest absolute Gasteiger partial charge is 0.0461 e. The Morgan fingerprint density at radius 1 is 1.73 bits per heavy atom. The number of nitrogens with zero attached hydrogens (tertiary/aromatic N) is 1. The second-order valence-electron chi connectivity index (χ2n) is 3.05. The quantitative estimate of drug-likeness (QED) is 0.529. The second kappa shape index (κ2) is 3.51. The summed E-state index contributed by atoms with van der Waals surface area (Å²) in [4.78, 5) is 10.6. The average Bonchev–Trinajstić information content (AvgIpc) is 2.30. The van der Waals surface area contributed by atoms with Crippen molar-refractivity contribution in [2.75, 3.05) is 13.1 Å². The van der Waals surface area contributed by atoms with Crippen molar-refractivity contribution < 1.29 is 9.90 Å². The van der Waals surface area contributed by atoms with Gasteiger partial charge in [-0.1, -0.05) is 22.7 Å². The van der Waals surface area contributed by atoms with E-state index in [-0.39, 0.29) is 11.8 Å². The van der Waals surface area contributed by atoms with Crippen LogP contribution in [0.1, 0.15) is 13.3 Å². The molecule has 0 N–H and O–H groups in total. The van der Waals surface area contributed by atoms with Crippen LogP contribution in [0.15, 0.2) is 0 Å². The largest absolute Gasteiger partial charge is 0.550 e. The van der Waals surface area contributed by atoms with Crippen LogP contribution in [-0.2, 0) is 4.79 Å². The summed E-state index contributed by atoms with van der Waals surface area (Å²) in [5, 5.41) is 10.6. The molecule has 1 heterocycles. The third-order valence-electron chi connectivity index (χ3n) is 2.30. The van der Waals surface area contributed by atoms with E-state index in [1.54, 1.807) is 0 Å². The van der Waals surface area contributed by atoms with Gasteiger partial charge in [0.05, 0.1) is 0 Å². The zero-order valence-electron chi connectivity index (χ0n) is 6.62. The Morgan fingerprint density at radius 2 is 2.36 bits per heavy atom. The maximum Gasteiger partial charge on any atom is 0.0461 e. The Hall–Kier alpha value is -0.140. The second-order valence-corrected chi connectivity index (χ2v) is 3.78. The first kappa shape index (κ1) is 8.95. The van der Waals surface area contributed by atoms with Crippen molar-refractivity contribution in [1.29, 1.82) is 0 Å². The van der Waals surface area contributed by atoms with Crippen molar-refractivity contribution in [3.8, 4) is 0 Å². The summed E-state index contributed by atoms with van der Waals surface area (Å²) < 4.78 is 1.97. The van der Waals surface area contributed by atoms with E-state index < -0.39 is 5.97 Å². The van der Waals surface area contributed by atoms with Crippen molar-refractivity contribution >= 4 is 15.4 Å². The van der Waals surface area contributed by atoms with Crippen molar-refractivity contribution in [3.05, 3.63) is 0 Å². The van der Waals surface area contributed by atoms with Gasteiger partial charge in [0.25, 0.3) is 0 Å². The van der Waals surface area contributed by atoms with Gasteiger partial charge in [0.2, 0.25) is 0 Å². The highest BCUT2D eigenvalue weighted by molar-refractivity contribution is 7.13. The van der Waals surface area contributed by atoms with Crippen LogP contribution in [0.3, 0.4) is 0 Å². The normalized spacial score (nSPS) is 32.5. The van der Waals surface area contributed by atoms with Crippen LogP contribution in [0.4, 0.5) is 0 Å². The molecule has 1 aliphatic rings. The molecule has 1 rings (SSSR count). The summed E-state index contributed by atoms with van der Waals surface area (Å²) >= 11 is 0. The zero-order valence-corrected chi connectivity index (χ0v) is 7.77. The molecule has 64 valence electrons. The maximum atomic E-state index is 10.6. The fourth-order valence-electron chi connectivity index (χ4n) is 1.59. The number of carbonyl (C=O) groups excluding carboxylic acids is 1. The molecule has 1 unspecified atom stereocenters. The molecular formula is C7H13NO2P-. The minimum atomic E-state index is -0.901. The van der Waals surface area contributed by atoms with Crippen LogP contribution in [0, 0.1) is 11.8 Å². The predicted molar refractivity (Wildman–Crippen MR) is 43.6 cm³/mol.